The second-order valence-electron chi connectivity index (χ2n) is 3.42. The average Bonchev–Trinajstić information content (AvgIpc) is 2.34. The lowest BCUT2D eigenvalue weighted by atomic mass is 10.1. The fraction of sp³-hybridized carbons (Fsp3) is 0.750. The number of amidine groups is 1. The van der Waals surface area contributed by atoms with Crippen LogP contribution < -0.4 is 5.32 Å². The third-order valence-electron chi connectivity index (χ3n) is 1.71. The van der Waals surface area contributed by atoms with Crippen LogP contribution in [0.4, 0.5) is 0 Å². The van der Waals surface area contributed by atoms with Gasteiger partial charge in [-0.15, -0.1) is 0 Å². The molecule has 1 atom stereocenters. The van der Waals surface area contributed by atoms with Crippen LogP contribution >= 0.6 is 0 Å². The van der Waals surface area contributed by atoms with Gasteiger partial charge in [-0.1, -0.05) is 13.8 Å². The number of hydrogen-bond acceptors (Lipinski definition) is 3. The molecule has 1 unspecified atom stereocenters. The van der Waals surface area contributed by atoms with Gasteiger partial charge in [0.1, 0.15) is 6.04 Å². The second kappa shape index (κ2) is 3.56. The summed E-state index contributed by atoms with van der Waals surface area (Å²) in [4.78, 5) is 14.6. The highest BCUT2D eigenvalue weighted by molar-refractivity contribution is 5.90. The van der Waals surface area contributed by atoms with E-state index < -0.39 is 12.0 Å². The molecule has 0 aromatic rings. The Morgan fingerprint density at radius 3 is 2.92 bits per heavy atom. The van der Waals surface area contributed by atoms with Gasteiger partial charge in [-0.3, -0.25) is 4.99 Å². The van der Waals surface area contributed by atoms with Crippen LogP contribution in [0.3, 0.4) is 0 Å². The molecule has 0 saturated carbocycles. The Hall–Kier alpha value is -1.06. The van der Waals surface area contributed by atoms with E-state index in [1.807, 2.05) is 0 Å². The molecule has 2 N–H and O–H groups in total. The standard InChI is InChI=1S/C8H14N2O2/c1-5(2)3-7-9-4-6(10-7)8(11)12/h5-6H,3-4H2,1-2H3,(H,9,10)(H,11,12). The van der Waals surface area contributed by atoms with Crippen LogP contribution in [-0.4, -0.2) is 29.5 Å². The lowest BCUT2D eigenvalue weighted by Gasteiger charge is -2.07. The molecule has 0 saturated heterocycles. The van der Waals surface area contributed by atoms with Gasteiger partial charge in [0.2, 0.25) is 0 Å². The Bertz CT molecular complexity index is 211. The van der Waals surface area contributed by atoms with Crippen molar-refractivity contribution in [2.75, 3.05) is 6.54 Å². The zero-order chi connectivity index (χ0) is 9.14. The molecule has 0 aromatic carbocycles. The Labute approximate surface area is 71.7 Å². The van der Waals surface area contributed by atoms with E-state index in [1.165, 1.54) is 0 Å². The van der Waals surface area contributed by atoms with Gasteiger partial charge in [-0.2, -0.15) is 0 Å². The van der Waals surface area contributed by atoms with E-state index in [1.54, 1.807) is 0 Å². The van der Waals surface area contributed by atoms with Crippen molar-refractivity contribution in [3.8, 4) is 0 Å². The van der Waals surface area contributed by atoms with Crippen molar-refractivity contribution in [1.82, 2.24) is 5.32 Å². The third-order valence-corrected chi connectivity index (χ3v) is 1.71. The van der Waals surface area contributed by atoms with Gasteiger partial charge in [-0.25, -0.2) is 4.79 Å². The Balaban J connectivity index is 2.38. The van der Waals surface area contributed by atoms with Crippen LogP contribution in [-0.2, 0) is 4.79 Å². The minimum Gasteiger partial charge on any atom is -0.480 e. The third kappa shape index (κ3) is 2.22. The normalized spacial score (nSPS) is 22.2. The number of nitrogens with zero attached hydrogens (tertiary/aromatic N) is 1. The summed E-state index contributed by atoms with van der Waals surface area (Å²) in [5.74, 6) is 0.527. The lowest BCUT2D eigenvalue weighted by Crippen LogP contribution is -2.37. The first-order valence-electron chi connectivity index (χ1n) is 4.12. The van der Waals surface area contributed by atoms with Gasteiger partial charge in [0.15, 0.2) is 0 Å². The SMILES string of the molecule is CC(C)CC1=NCC(C(=O)O)N1. The Morgan fingerprint density at radius 1 is 1.83 bits per heavy atom. The minimum atomic E-state index is -0.822. The monoisotopic (exact) mass is 170 g/mol. The largest absolute Gasteiger partial charge is 0.480 e. The van der Waals surface area contributed by atoms with E-state index in [0.29, 0.717) is 12.5 Å². The first kappa shape index (κ1) is 9.03. The molecule has 1 aliphatic rings. The van der Waals surface area contributed by atoms with Crippen LogP contribution in [0.15, 0.2) is 4.99 Å². The molecule has 0 bridgehead atoms. The van der Waals surface area contributed by atoms with Gasteiger partial charge in [0.25, 0.3) is 0 Å². The van der Waals surface area contributed by atoms with E-state index in [-0.39, 0.29) is 0 Å². The van der Waals surface area contributed by atoms with E-state index in [4.69, 9.17) is 5.11 Å². The maximum atomic E-state index is 10.5. The van der Waals surface area contributed by atoms with Crippen molar-refractivity contribution >= 4 is 11.8 Å². The fourth-order valence-corrected chi connectivity index (χ4v) is 1.14. The van der Waals surface area contributed by atoms with Crippen molar-refractivity contribution in [2.24, 2.45) is 10.9 Å². The summed E-state index contributed by atoms with van der Waals surface area (Å²) < 4.78 is 0. The van der Waals surface area contributed by atoms with Gasteiger partial charge in [0.05, 0.1) is 12.4 Å². The summed E-state index contributed by atoms with van der Waals surface area (Å²) in [7, 11) is 0. The highest BCUT2D eigenvalue weighted by Gasteiger charge is 2.23. The van der Waals surface area contributed by atoms with E-state index in [2.05, 4.69) is 24.2 Å². The number of rotatable bonds is 3. The van der Waals surface area contributed by atoms with Crippen molar-refractivity contribution in [2.45, 2.75) is 26.3 Å². The molecule has 12 heavy (non-hydrogen) atoms. The topological polar surface area (TPSA) is 61.7 Å². The first-order chi connectivity index (χ1) is 5.59. The van der Waals surface area contributed by atoms with E-state index >= 15 is 0 Å². The highest BCUT2D eigenvalue weighted by Crippen LogP contribution is 2.05. The number of carbonyl (C=O) groups is 1. The van der Waals surface area contributed by atoms with E-state index in [9.17, 15) is 4.79 Å². The first-order valence-corrected chi connectivity index (χ1v) is 4.12. The maximum Gasteiger partial charge on any atom is 0.328 e. The molecule has 1 aliphatic heterocycles. The van der Waals surface area contributed by atoms with Gasteiger partial charge >= 0.3 is 5.97 Å². The van der Waals surface area contributed by atoms with Crippen LogP contribution in [0, 0.1) is 5.92 Å². The summed E-state index contributed by atoms with van der Waals surface area (Å²) in [5, 5.41) is 11.5. The number of nitrogens with one attached hydrogen (secondary N) is 1. The summed E-state index contributed by atoms with van der Waals surface area (Å²) >= 11 is 0. The molecule has 0 radical (unpaired) electrons. The molecule has 1 heterocycles. The number of carboxylic acid groups (broad SMARTS) is 1. The summed E-state index contributed by atoms with van der Waals surface area (Å²) in [6, 6.07) is -0.501. The molecule has 0 fully saturated rings. The zero-order valence-electron chi connectivity index (χ0n) is 7.37. The predicted octanol–water partition coefficient (Wildman–Crippen LogP) is 0.487. The maximum absolute atomic E-state index is 10.5. The molecule has 1 rings (SSSR count). The van der Waals surface area contributed by atoms with Crippen LogP contribution in [0.2, 0.25) is 0 Å². The van der Waals surface area contributed by atoms with Crippen molar-refractivity contribution in [3.63, 3.8) is 0 Å². The van der Waals surface area contributed by atoms with Crippen molar-refractivity contribution < 1.29 is 9.90 Å². The second-order valence-corrected chi connectivity index (χ2v) is 3.42. The molecular formula is C8H14N2O2. The van der Waals surface area contributed by atoms with Crippen LogP contribution in [0.1, 0.15) is 20.3 Å². The molecule has 4 nitrogen and oxygen atoms in total. The van der Waals surface area contributed by atoms with Gasteiger partial charge < -0.3 is 10.4 Å². The number of carboxylic acids is 1. The summed E-state index contributed by atoms with van der Waals surface area (Å²) in [6.45, 7) is 4.54. The molecule has 4 heteroatoms. The molecular weight excluding hydrogens is 156 g/mol. The lowest BCUT2D eigenvalue weighted by molar-refractivity contribution is -0.138. The quantitative estimate of drug-likeness (QED) is 0.648. The summed E-state index contributed by atoms with van der Waals surface area (Å²) in [5.41, 5.74) is 0. The van der Waals surface area contributed by atoms with Crippen LogP contribution in [0.5, 0.6) is 0 Å². The Morgan fingerprint density at radius 2 is 2.50 bits per heavy atom. The van der Waals surface area contributed by atoms with Crippen molar-refractivity contribution in [1.29, 1.82) is 0 Å². The molecule has 0 amide bonds. The molecule has 68 valence electrons. The predicted molar refractivity (Wildman–Crippen MR) is 46.3 cm³/mol. The molecule has 0 aliphatic carbocycles. The number of aliphatic imine (C=N–C) groups is 1. The Kier molecular flexibility index (Phi) is 2.68. The number of hydrogen-bond donors (Lipinski definition) is 2. The van der Waals surface area contributed by atoms with E-state index in [0.717, 1.165) is 12.3 Å². The van der Waals surface area contributed by atoms with Crippen LogP contribution in [0.25, 0.3) is 0 Å². The smallest absolute Gasteiger partial charge is 0.328 e. The molecule has 0 aromatic heterocycles. The van der Waals surface area contributed by atoms with Crippen molar-refractivity contribution in [3.05, 3.63) is 0 Å². The highest BCUT2D eigenvalue weighted by atomic mass is 16.4. The molecule has 0 spiro atoms. The minimum absolute atomic E-state index is 0.372. The average molecular weight is 170 g/mol. The number of aliphatic carboxylic acids is 1. The van der Waals surface area contributed by atoms with Gasteiger partial charge in [0, 0.05) is 6.42 Å². The zero-order valence-corrected chi connectivity index (χ0v) is 7.37. The summed E-state index contributed by atoms with van der Waals surface area (Å²) in [6.07, 6.45) is 0.837. The fourth-order valence-electron chi connectivity index (χ4n) is 1.14. The van der Waals surface area contributed by atoms with Gasteiger partial charge in [-0.05, 0) is 5.92 Å².